The zero-order valence-corrected chi connectivity index (χ0v) is 12.1. The first kappa shape index (κ1) is 14.4. The van der Waals surface area contributed by atoms with E-state index in [-0.39, 0.29) is 0 Å². The minimum Gasteiger partial charge on any atom is -0.490 e. The van der Waals surface area contributed by atoms with Crippen LogP contribution in [-0.2, 0) is 6.54 Å². The van der Waals surface area contributed by atoms with E-state index in [1.165, 1.54) is 11.1 Å². The minimum atomic E-state index is 0.523. The van der Waals surface area contributed by atoms with Gasteiger partial charge >= 0.3 is 0 Å². The largest absolute Gasteiger partial charge is 0.490 e. The quantitative estimate of drug-likeness (QED) is 0.820. The Morgan fingerprint density at radius 3 is 2.30 bits per heavy atom. The number of hydrogen-bond acceptors (Lipinski definition) is 3. The molecule has 2 aromatic carbocycles. The molecule has 20 heavy (non-hydrogen) atoms. The highest BCUT2D eigenvalue weighted by Crippen LogP contribution is 2.20. The summed E-state index contributed by atoms with van der Waals surface area (Å²) in [4.78, 5) is 0. The molecule has 0 unspecified atom stereocenters. The zero-order valence-electron chi connectivity index (χ0n) is 12.1. The van der Waals surface area contributed by atoms with Gasteiger partial charge in [0.05, 0.1) is 0 Å². The second-order valence-corrected chi connectivity index (χ2v) is 4.74. The van der Waals surface area contributed by atoms with Gasteiger partial charge in [0.2, 0.25) is 0 Å². The second-order valence-electron chi connectivity index (χ2n) is 4.74. The number of nitrogens with two attached hydrogens (primary N) is 1. The molecule has 0 aliphatic heterocycles. The van der Waals surface area contributed by atoms with Gasteiger partial charge < -0.3 is 15.2 Å². The second kappa shape index (κ2) is 6.96. The Hall–Kier alpha value is -2.00. The van der Waals surface area contributed by atoms with Gasteiger partial charge in [0.15, 0.2) is 0 Å². The van der Waals surface area contributed by atoms with E-state index in [2.05, 4.69) is 19.9 Å². The molecule has 0 saturated heterocycles. The average molecular weight is 271 g/mol. The predicted molar refractivity (Wildman–Crippen MR) is 81.2 cm³/mol. The number of benzene rings is 2. The maximum atomic E-state index is 5.74. The van der Waals surface area contributed by atoms with Crippen molar-refractivity contribution in [2.24, 2.45) is 5.73 Å². The molecule has 0 amide bonds. The molecule has 0 bridgehead atoms. The molecular formula is C17H21NO2. The predicted octanol–water partition coefficient (Wildman–Crippen LogP) is 3.22. The number of hydrogen-bond donors (Lipinski definition) is 1. The Morgan fingerprint density at radius 2 is 1.60 bits per heavy atom. The molecule has 0 aliphatic rings. The zero-order chi connectivity index (χ0) is 14.4. The Morgan fingerprint density at radius 1 is 0.900 bits per heavy atom. The summed E-state index contributed by atoms with van der Waals surface area (Å²) in [6, 6.07) is 13.9. The van der Waals surface area contributed by atoms with Crippen LogP contribution >= 0.6 is 0 Å². The van der Waals surface area contributed by atoms with Crippen LogP contribution < -0.4 is 15.2 Å². The molecule has 0 fully saturated rings. The molecule has 2 aromatic rings. The van der Waals surface area contributed by atoms with E-state index in [0.29, 0.717) is 19.8 Å². The van der Waals surface area contributed by atoms with Crippen molar-refractivity contribution in [2.45, 2.75) is 20.4 Å². The van der Waals surface area contributed by atoms with E-state index in [0.717, 1.165) is 17.1 Å². The standard InChI is InChI=1S/C17H21NO2/c1-13-4-3-5-17(14(13)2)20-11-10-19-16-8-6-15(12-18)7-9-16/h3-9H,10-12,18H2,1-2H3. The van der Waals surface area contributed by atoms with E-state index in [4.69, 9.17) is 15.2 Å². The van der Waals surface area contributed by atoms with E-state index in [1.807, 2.05) is 36.4 Å². The van der Waals surface area contributed by atoms with E-state index < -0.39 is 0 Å². The molecule has 0 radical (unpaired) electrons. The van der Waals surface area contributed by atoms with Gasteiger partial charge in [0.1, 0.15) is 24.7 Å². The Bertz CT molecular complexity index is 549. The normalized spacial score (nSPS) is 10.3. The lowest BCUT2D eigenvalue weighted by molar-refractivity contribution is 0.216. The van der Waals surface area contributed by atoms with Gasteiger partial charge in [-0.15, -0.1) is 0 Å². The third kappa shape index (κ3) is 3.75. The van der Waals surface area contributed by atoms with Gasteiger partial charge in [0.25, 0.3) is 0 Å². The molecule has 0 atom stereocenters. The van der Waals surface area contributed by atoms with Crippen molar-refractivity contribution < 1.29 is 9.47 Å². The van der Waals surface area contributed by atoms with Crippen LogP contribution in [0, 0.1) is 13.8 Å². The van der Waals surface area contributed by atoms with Gasteiger partial charge in [-0.1, -0.05) is 24.3 Å². The van der Waals surface area contributed by atoms with Gasteiger partial charge in [0, 0.05) is 6.54 Å². The van der Waals surface area contributed by atoms with Crippen LogP contribution in [0.5, 0.6) is 11.5 Å². The molecule has 2 rings (SSSR count). The van der Waals surface area contributed by atoms with Crippen molar-refractivity contribution in [3.8, 4) is 11.5 Å². The van der Waals surface area contributed by atoms with Gasteiger partial charge in [-0.2, -0.15) is 0 Å². The first-order valence-corrected chi connectivity index (χ1v) is 6.81. The van der Waals surface area contributed by atoms with Crippen LogP contribution in [0.25, 0.3) is 0 Å². The lowest BCUT2D eigenvalue weighted by atomic mass is 10.1. The highest BCUT2D eigenvalue weighted by Gasteiger charge is 2.01. The molecule has 3 heteroatoms. The fourth-order valence-corrected chi connectivity index (χ4v) is 1.91. The minimum absolute atomic E-state index is 0.523. The van der Waals surface area contributed by atoms with Crippen molar-refractivity contribution in [3.63, 3.8) is 0 Å². The number of rotatable bonds is 6. The monoisotopic (exact) mass is 271 g/mol. The lowest BCUT2D eigenvalue weighted by Crippen LogP contribution is -2.09. The highest BCUT2D eigenvalue weighted by atomic mass is 16.5. The van der Waals surface area contributed by atoms with Crippen molar-refractivity contribution in [3.05, 3.63) is 59.2 Å². The SMILES string of the molecule is Cc1cccc(OCCOc2ccc(CN)cc2)c1C. The molecule has 0 saturated carbocycles. The summed E-state index contributed by atoms with van der Waals surface area (Å²) < 4.78 is 11.4. The van der Waals surface area contributed by atoms with Gasteiger partial charge in [-0.25, -0.2) is 0 Å². The summed E-state index contributed by atoms with van der Waals surface area (Å²) in [5.74, 6) is 1.76. The van der Waals surface area contributed by atoms with Crippen molar-refractivity contribution >= 4 is 0 Å². The van der Waals surface area contributed by atoms with Gasteiger partial charge in [-0.05, 0) is 48.7 Å². The smallest absolute Gasteiger partial charge is 0.122 e. The lowest BCUT2D eigenvalue weighted by Gasteiger charge is -2.11. The summed E-state index contributed by atoms with van der Waals surface area (Å²) in [6.45, 7) is 5.75. The molecule has 0 aliphatic carbocycles. The van der Waals surface area contributed by atoms with Crippen molar-refractivity contribution in [1.29, 1.82) is 0 Å². The molecule has 106 valence electrons. The number of ether oxygens (including phenoxy) is 2. The van der Waals surface area contributed by atoms with Crippen molar-refractivity contribution in [1.82, 2.24) is 0 Å². The topological polar surface area (TPSA) is 44.5 Å². The molecule has 3 nitrogen and oxygen atoms in total. The summed E-state index contributed by atoms with van der Waals surface area (Å²) in [5.41, 5.74) is 9.07. The van der Waals surface area contributed by atoms with Crippen LogP contribution in [0.3, 0.4) is 0 Å². The fraction of sp³-hybridized carbons (Fsp3) is 0.294. The summed E-state index contributed by atoms with van der Waals surface area (Å²) in [5, 5.41) is 0. The maximum absolute atomic E-state index is 5.74. The molecule has 0 aromatic heterocycles. The van der Waals surface area contributed by atoms with Crippen LogP contribution in [0.4, 0.5) is 0 Å². The maximum Gasteiger partial charge on any atom is 0.122 e. The summed E-state index contributed by atoms with van der Waals surface area (Å²) in [6.07, 6.45) is 0. The summed E-state index contributed by atoms with van der Waals surface area (Å²) >= 11 is 0. The first-order valence-electron chi connectivity index (χ1n) is 6.81. The van der Waals surface area contributed by atoms with Crippen LogP contribution in [0.15, 0.2) is 42.5 Å². The third-order valence-electron chi connectivity index (χ3n) is 3.32. The highest BCUT2D eigenvalue weighted by molar-refractivity contribution is 5.38. The van der Waals surface area contributed by atoms with Crippen LogP contribution in [-0.4, -0.2) is 13.2 Å². The van der Waals surface area contributed by atoms with Gasteiger partial charge in [-0.3, -0.25) is 0 Å². The van der Waals surface area contributed by atoms with Crippen molar-refractivity contribution in [2.75, 3.05) is 13.2 Å². The fourth-order valence-electron chi connectivity index (χ4n) is 1.91. The van der Waals surface area contributed by atoms with Crippen LogP contribution in [0.1, 0.15) is 16.7 Å². The average Bonchev–Trinajstić information content (AvgIpc) is 2.48. The Balaban J connectivity index is 1.80. The summed E-state index contributed by atoms with van der Waals surface area (Å²) in [7, 11) is 0. The molecule has 0 heterocycles. The van der Waals surface area contributed by atoms with E-state index in [9.17, 15) is 0 Å². The third-order valence-corrected chi connectivity index (χ3v) is 3.32. The van der Waals surface area contributed by atoms with Crippen LogP contribution in [0.2, 0.25) is 0 Å². The molecule has 0 spiro atoms. The Labute approximate surface area is 120 Å². The first-order chi connectivity index (χ1) is 9.70. The molecular weight excluding hydrogens is 250 g/mol. The number of aryl methyl sites for hydroxylation is 1. The van der Waals surface area contributed by atoms with E-state index in [1.54, 1.807) is 0 Å². The Kier molecular flexibility index (Phi) is 5.02. The van der Waals surface area contributed by atoms with E-state index >= 15 is 0 Å². The molecule has 2 N–H and O–H groups in total.